The molecule has 1 atom stereocenters. The monoisotopic (exact) mass is 575 g/mol. The fraction of sp³-hybridized carbons (Fsp3) is 0.281. The molecule has 7 rings (SSSR count). The number of carbonyl (C=O) groups is 1. The normalized spacial score (nSPS) is 16.9. The lowest BCUT2D eigenvalue weighted by Crippen LogP contribution is -2.45. The molecule has 5 aromatic rings. The number of anilines is 1. The molecule has 11 heteroatoms. The Morgan fingerprint density at radius 1 is 1.12 bits per heavy atom. The lowest BCUT2D eigenvalue weighted by atomic mass is 10.0. The first-order valence-corrected chi connectivity index (χ1v) is 14.5. The average Bonchev–Trinajstić information content (AvgIpc) is 3.78. The molecule has 5 heterocycles. The summed E-state index contributed by atoms with van der Waals surface area (Å²) in [4.78, 5) is 28.1. The van der Waals surface area contributed by atoms with Crippen molar-refractivity contribution in [2.75, 3.05) is 25.9 Å². The number of imidazole rings is 1. The van der Waals surface area contributed by atoms with Crippen molar-refractivity contribution in [2.45, 2.75) is 37.8 Å². The molecule has 0 bridgehead atoms. The van der Waals surface area contributed by atoms with Crippen LogP contribution in [0.2, 0.25) is 0 Å². The minimum atomic E-state index is 0.0163. The summed E-state index contributed by atoms with van der Waals surface area (Å²) in [5, 5.41) is 8.32. The summed E-state index contributed by atoms with van der Waals surface area (Å²) in [6, 6.07) is 16.7. The zero-order chi connectivity index (χ0) is 29.5. The second-order valence-electron chi connectivity index (χ2n) is 11.0. The Bertz CT molecular complexity index is 1830. The van der Waals surface area contributed by atoms with Gasteiger partial charge in [0.2, 0.25) is 11.8 Å². The second kappa shape index (κ2) is 11.0. The van der Waals surface area contributed by atoms with Gasteiger partial charge in [-0.25, -0.2) is 19.6 Å². The molecule has 1 amide bonds. The number of fused-ring (bicyclic) bond motifs is 2. The number of pyridine rings is 2. The van der Waals surface area contributed by atoms with Gasteiger partial charge in [0.05, 0.1) is 12.7 Å². The van der Waals surface area contributed by atoms with E-state index in [4.69, 9.17) is 20.4 Å². The number of ether oxygens (including phenoxy) is 1. The van der Waals surface area contributed by atoms with E-state index < -0.39 is 0 Å². The Morgan fingerprint density at radius 2 is 1.98 bits per heavy atom. The van der Waals surface area contributed by atoms with Crippen LogP contribution in [0.15, 0.2) is 73.6 Å². The van der Waals surface area contributed by atoms with E-state index >= 15 is 0 Å². The van der Waals surface area contributed by atoms with Crippen LogP contribution in [0.25, 0.3) is 34.1 Å². The number of methoxy groups -OCH3 is 1. The number of hydrogen-bond acceptors (Lipinski definition) is 8. The van der Waals surface area contributed by atoms with Crippen molar-refractivity contribution in [1.29, 1.82) is 0 Å². The molecule has 1 fully saturated rings. The molecule has 0 radical (unpaired) electrons. The minimum Gasteiger partial charge on any atom is -0.480 e. The van der Waals surface area contributed by atoms with Gasteiger partial charge < -0.3 is 20.7 Å². The summed E-state index contributed by atoms with van der Waals surface area (Å²) in [5.74, 6) is 2.26. The molecule has 1 saturated heterocycles. The molecule has 4 aromatic heterocycles. The van der Waals surface area contributed by atoms with E-state index in [-0.39, 0.29) is 11.9 Å². The van der Waals surface area contributed by atoms with Gasteiger partial charge in [-0.3, -0.25) is 9.36 Å². The summed E-state index contributed by atoms with van der Waals surface area (Å²) in [5.41, 5.74) is 12.1. The lowest BCUT2D eigenvalue weighted by molar-refractivity contribution is -0.127. The molecule has 1 aliphatic carbocycles. The summed E-state index contributed by atoms with van der Waals surface area (Å²) >= 11 is 0. The maximum atomic E-state index is 12.0. The van der Waals surface area contributed by atoms with Crippen molar-refractivity contribution in [1.82, 2.24) is 39.5 Å². The average molecular weight is 576 g/mol. The van der Waals surface area contributed by atoms with Crippen LogP contribution in [0, 0.1) is 0 Å². The van der Waals surface area contributed by atoms with E-state index in [0.29, 0.717) is 35.0 Å². The molecule has 3 N–H and O–H groups in total. The number of nitrogens with zero attached hydrogens (tertiary/aromatic N) is 7. The van der Waals surface area contributed by atoms with Gasteiger partial charge in [-0.15, -0.1) is 5.10 Å². The molecule has 43 heavy (non-hydrogen) atoms. The predicted octanol–water partition coefficient (Wildman–Crippen LogP) is 4.01. The zero-order valence-electron chi connectivity index (χ0n) is 24.0. The first-order chi connectivity index (χ1) is 21.0. The Hall–Kier alpha value is -5.03. The first kappa shape index (κ1) is 26.8. The molecule has 11 nitrogen and oxygen atoms in total. The number of likely N-dealkylation sites (tertiary alicyclic amines) is 1. The number of benzene rings is 1. The van der Waals surface area contributed by atoms with Crippen LogP contribution in [0.5, 0.6) is 5.88 Å². The molecule has 0 unspecified atom stereocenters. The smallest absolute Gasteiger partial charge is 0.245 e. The van der Waals surface area contributed by atoms with E-state index in [0.717, 1.165) is 55.5 Å². The Morgan fingerprint density at radius 3 is 2.74 bits per heavy atom. The van der Waals surface area contributed by atoms with Crippen LogP contribution in [0.1, 0.15) is 36.4 Å². The van der Waals surface area contributed by atoms with Crippen LogP contribution >= 0.6 is 0 Å². The summed E-state index contributed by atoms with van der Waals surface area (Å²) in [6.07, 6.45) is 8.78. The van der Waals surface area contributed by atoms with Crippen LogP contribution in [-0.2, 0) is 11.2 Å². The summed E-state index contributed by atoms with van der Waals surface area (Å²) in [6.45, 7) is 5.14. The number of piperidine rings is 1. The van der Waals surface area contributed by atoms with Crippen LogP contribution in [0.3, 0.4) is 0 Å². The molecular weight excluding hydrogens is 542 g/mol. The van der Waals surface area contributed by atoms with Gasteiger partial charge in [-0.2, -0.15) is 0 Å². The van der Waals surface area contributed by atoms with Crippen molar-refractivity contribution < 1.29 is 9.53 Å². The van der Waals surface area contributed by atoms with Crippen molar-refractivity contribution in [2.24, 2.45) is 0 Å². The molecule has 1 aliphatic heterocycles. The van der Waals surface area contributed by atoms with Crippen molar-refractivity contribution >= 4 is 22.9 Å². The number of nitrogens with one attached hydrogen (secondary N) is 1. The number of nitrogen functional groups attached to an aromatic ring is 1. The van der Waals surface area contributed by atoms with E-state index in [1.54, 1.807) is 24.1 Å². The highest BCUT2D eigenvalue weighted by Crippen LogP contribution is 2.36. The molecule has 218 valence electrons. The quantitative estimate of drug-likeness (QED) is 0.279. The van der Waals surface area contributed by atoms with Crippen LogP contribution in [-0.4, -0.2) is 66.3 Å². The van der Waals surface area contributed by atoms with Gasteiger partial charge in [0.1, 0.15) is 11.3 Å². The largest absolute Gasteiger partial charge is 0.480 e. The molecule has 0 spiro atoms. The van der Waals surface area contributed by atoms with Gasteiger partial charge in [0, 0.05) is 49.3 Å². The third-order valence-electron chi connectivity index (χ3n) is 8.46. The third kappa shape index (κ3) is 4.91. The lowest BCUT2D eigenvalue weighted by Gasteiger charge is -2.33. The van der Waals surface area contributed by atoms with E-state index in [1.165, 1.54) is 17.2 Å². The fourth-order valence-corrected chi connectivity index (χ4v) is 6.25. The van der Waals surface area contributed by atoms with E-state index in [9.17, 15) is 4.79 Å². The summed E-state index contributed by atoms with van der Waals surface area (Å²) < 4.78 is 9.01. The zero-order valence-corrected chi connectivity index (χ0v) is 24.0. The highest BCUT2D eigenvalue weighted by atomic mass is 16.5. The Labute approximate surface area is 249 Å². The van der Waals surface area contributed by atoms with Crippen molar-refractivity contribution in [3.8, 4) is 28.8 Å². The first-order valence-electron chi connectivity index (χ1n) is 14.5. The topological polar surface area (TPSA) is 129 Å². The number of hydrogen-bond donors (Lipinski definition) is 2. The fourth-order valence-electron chi connectivity index (χ4n) is 6.25. The minimum absolute atomic E-state index is 0.0163. The molecular formula is C32H33N9O2. The summed E-state index contributed by atoms with van der Waals surface area (Å²) in [7, 11) is 1.59. The van der Waals surface area contributed by atoms with Gasteiger partial charge in [0.15, 0.2) is 17.3 Å². The number of aryl methyl sites for hydroxylation is 1. The standard InChI is InChI=1S/C32H33N9O2/c1-3-29(42)39-16-12-21(13-17-39)35-25-9-6-20-19-22(7-8-23(20)25)41-31(24-5-4-15-34-30(24)33)36-26-10-11-27(37-32(26)41)40-18-14-28(38-40)43-2/h3-5,7-8,10-11,14-15,18-19,21,25,35H,1,6,9,12-13,16-17H2,2H3,(H2,33,34)/t25-/m0/s1. The Balaban J connectivity index is 1.24. The maximum Gasteiger partial charge on any atom is 0.245 e. The maximum absolute atomic E-state index is 12.0. The van der Waals surface area contributed by atoms with Crippen LogP contribution < -0.4 is 15.8 Å². The number of aromatic nitrogens is 6. The molecule has 2 aliphatic rings. The second-order valence-corrected chi connectivity index (χ2v) is 11.0. The van der Waals surface area contributed by atoms with Gasteiger partial charge in [0.25, 0.3) is 0 Å². The number of rotatable bonds is 7. The van der Waals surface area contributed by atoms with Crippen LogP contribution in [0.4, 0.5) is 5.82 Å². The van der Waals surface area contributed by atoms with Crippen molar-refractivity contribution in [3.63, 3.8) is 0 Å². The molecule has 0 saturated carbocycles. The molecule has 1 aromatic carbocycles. The number of amides is 1. The van der Waals surface area contributed by atoms with Gasteiger partial charge in [-0.1, -0.05) is 12.6 Å². The number of carbonyl (C=O) groups excluding carboxylic acids is 1. The van der Waals surface area contributed by atoms with E-state index in [1.807, 2.05) is 35.4 Å². The SMILES string of the molecule is C=CC(=O)N1CCC(N[C@H]2CCc3cc(-n4c(-c5cccnc5N)nc5ccc(-n6ccc(OC)n6)nc54)ccc32)CC1. The third-order valence-corrected chi connectivity index (χ3v) is 8.46. The number of nitrogens with two attached hydrogens (primary N) is 1. The van der Waals surface area contributed by atoms with E-state index in [2.05, 4.69) is 44.7 Å². The van der Waals surface area contributed by atoms with Gasteiger partial charge in [-0.05, 0) is 79.3 Å². The predicted molar refractivity (Wildman–Crippen MR) is 164 cm³/mol. The van der Waals surface area contributed by atoms with Crippen molar-refractivity contribution in [3.05, 3.63) is 84.7 Å². The highest BCUT2D eigenvalue weighted by molar-refractivity contribution is 5.87. The highest BCUT2D eigenvalue weighted by Gasteiger charge is 2.29. The van der Waals surface area contributed by atoms with Gasteiger partial charge >= 0.3 is 0 Å². The Kier molecular flexibility index (Phi) is 6.86.